The zero-order chi connectivity index (χ0) is 14.9. The summed E-state index contributed by atoms with van der Waals surface area (Å²) in [7, 11) is 0. The number of carbonyl (C=O) groups excluding carboxylic acids is 1. The maximum Gasteiger partial charge on any atom is 0.419 e. The predicted octanol–water partition coefficient (Wildman–Crippen LogP) is 4.98. The molecule has 106 valence electrons. The zero-order valence-corrected chi connectivity index (χ0v) is 11.4. The molecule has 0 saturated heterocycles. The van der Waals surface area contributed by atoms with Crippen LogP contribution < -0.4 is 0 Å². The van der Waals surface area contributed by atoms with E-state index in [1.165, 1.54) is 0 Å². The summed E-state index contributed by atoms with van der Waals surface area (Å²) >= 11 is 6.82. The van der Waals surface area contributed by atoms with Gasteiger partial charge in [0.05, 0.1) is 15.5 Å². The molecule has 0 amide bonds. The second-order valence-corrected chi connectivity index (χ2v) is 5.77. The molecule has 2 aromatic rings. The molecule has 0 fully saturated rings. The Bertz CT molecular complexity index is 648. The fourth-order valence-corrected chi connectivity index (χ4v) is 2.75. The van der Waals surface area contributed by atoms with E-state index in [1.807, 2.05) is 0 Å². The molecular formula is C13H7ClF4OS. The van der Waals surface area contributed by atoms with Crippen LogP contribution in [0, 0.1) is 5.82 Å². The summed E-state index contributed by atoms with van der Waals surface area (Å²) in [5.41, 5.74) is -2.00. The van der Waals surface area contributed by atoms with Crippen molar-refractivity contribution in [1.29, 1.82) is 0 Å². The third-order valence-corrected chi connectivity index (χ3v) is 3.80. The van der Waals surface area contributed by atoms with Crippen LogP contribution in [0.5, 0.6) is 0 Å². The van der Waals surface area contributed by atoms with Crippen molar-refractivity contribution in [2.24, 2.45) is 0 Å². The lowest BCUT2D eigenvalue weighted by atomic mass is 10.0. The van der Waals surface area contributed by atoms with E-state index in [2.05, 4.69) is 0 Å². The van der Waals surface area contributed by atoms with E-state index in [0.717, 1.165) is 23.5 Å². The maximum absolute atomic E-state index is 13.8. The first-order valence-corrected chi connectivity index (χ1v) is 6.61. The highest BCUT2D eigenvalue weighted by atomic mass is 35.5. The van der Waals surface area contributed by atoms with Gasteiger partial charge in [-0.15, -0.1) is 11.3 Å². The number of halogens is 5. The molecule has 0 aliphatic heterocycles. The minimum absolute atomic E-state index is 0.185. The standard InChI is InChI=1S/C13H7ClF4OS/c14-11-5-4-7(20-11)6-10(19)8-2-1-3-9(12(8)15)13(16,17)18/h1-5H,6H2. The fraction of sp³-hybridized carbons (Fsp3) is 0.154. The van der Waals surface area contributed by atoms with Crippen molar-refractivity contribution >= 4 is 28.7 Å². The minimum Gasteiger partial charge on any atom is -0.294 e. The molecule has 7 heteroatoms. The average molecular weight is 323 g/mol. The number of alkyl halides is 3. The van der Waals surface area contributed by atoms with E-state index in [0.29, 0.717) is 15.3 Å². The number of thiophene rings is 1. The number of ketones is 1. The summed E-state index contributed by atoms with van der Waals surface area (Å²) in [6.07, 6.45) is -5.01. The molecule has 0 atom stereocenters. The quantitative estimate of drug-likeness (QED) is 0.575. The highest BCUT2D eigenvalue weighted by molar-refractivity contribution is 7.16. The SMILES string of the molecule is O=C(Cc1ccc(Cl)s1)c1cccc(C(F)(F)F)c1F. The lowest BCUT2D eigenvalue weighted by Gasteiger charge is -2.10. The summed E-state index contributed by atoms with van der Waals surface area (Å²) in [4.78, 5) is 12.4. The van der Waals surface area contributed by atoms with Gasteiger partial charge in [-0.05, 0) is 24.3 Å². The minimum atomic E-state index is -4.83. The van der Waals surface area contributed by atoms with E-state index < -0.39 is 28.9 Å². The molecular weight excluding hydrogens is 316 g/mol. The van der Waals surface area contributed by atoms with Gasteiger partial charge in [0, 0.05) is 11.3 Å². The van der Waals surface area contributed by atoms with Crippen molar-refractivity contribution in [3.8, 4) is 0 Å². The molecule has 1 aromatic heterocycles. The van der Waals surface area contributed by atoms with E-state index in [1.54, 1.807) is 12.1 Å². The third kappa shape index (κ3) is 3.19. The predicted molar refractivity (Wildman–Crippen MR) is 68.8 cm³/mol. The van der Waals surface area contributed by atoms with Crippen LogP contribution in [0.25, 0.3) is 0 Å². The summed E-state index contributed by atoms with van der Waals surface area (Å²) in [6.45, 7) is 0. The van der Waals surface area contributed by atoms with Crippen LogP contribution in [0.2, 0.25) is 4.34 Å². The van der Waals surface area contributed by atoms with Crippen molar-refractivity contribution in [1.82, 2.24) is 0 Å². The zero-order valence-electron chi connectivity index (χ0n) is 9.80. The monoisotopic (exact) mass is 322 g/mol. The van der Waals surface area contributed by atoms with Gasteiger partial charge in [0.25, 0.3) is 0 Å². The molecule has 0 spiro atoms. The summed E-state index contributed by atoms with van der Waals surface area (Å²) in [6, 6.07) is 5.81. The largest absolute Gasteiger partial charge is 0.419 e. The lowest BCUT2D eigenvalue weighted by molar-refractivity contribution is -0.140. The van der Waals surface area contributed by atoms with Gasteiger partial charge in [-0.3, -0.25) is 4.79 Å². The van der Waals surface area contributed by atoms with Gasteiger partial charge in [-0.25, -0.2) is 4.39 Å². The van der Waals surface area contributed by atoms with Crippen LogP contribution >= 0.6 is 22.9 Å². The molecule has 1 heterocycles. The molecule has 2 rings (SSSR count). The van der Waals surface area contributed by atoms with Crippen molar-refractivity contribution in [3.63, 3.8) is 0 Å². The molecule has 0 N–H and O–H groups in total. The number of hydrogen-bond donors (Lipinski definition) is 0. The number of benzene rings is 1. The van der Waals surface area contributed by atoms with Gasteiger partial charge in [-0.2, -0.15) is 13.2 Å². The first-order valence-electron chi connectivity index (χ1n) is 5.42. The summed E-state index contributed by atoms with van der Waals surface area (Å²) in [5.74, 6) is -2.25. The van der Waals surface area contributed by atoms with E-state index in [-0.39, 0.29) is 6.42 Å². The highest BCUT2D eigenvalue weighted by Gasteiger charge is 2.35. The fourth-order valence-electron chi connectivity index (χ4n) is 1.67. The van der Waals surface area contributed by atoms with Crippen LogP contribution in [-0.4, -0.2) is 5.78 Å². The first-order chi connectivity index (χ1) is 9.29. The van der Waals surface area contributed by atoms with Crippen LogP contribution in [0.3, 0.4) is 0 Å². The average Bonchev–Trinajstić information content (AvgIpc) is 2.73. The molecule has 0 aliphatic rings. The Morgan fingerprint density at radius 3 is 2.45 bits per heavy atom. The van der Waals surface area contributed by atoms with Crippen LogP contribution in [0.1, 0.15) is 20.8 Å². The smallest absolute Gasteiger partial charge is 0.294 e. The van der Waals surface area contributed by atoms with Crippen molar-refractivity contribution in [2.75, 3.05) is 0 Å². The van der Waals surface area contributed by atoms with E-state index >= 15 is 0 Å². The van der Waals surface area contributed by atoms with Crippen molar-refractivity contribution in [2.45, 2.75) is 12.6 Å². The Hall–Kier alpha value is -1.40. The number of rotatable bonds is 3. The van der Waals surface area contributed by atoms with Gasteiger partial charge >= 0.3 is 6.18 Å². The van der Waals surface area contributed by atoms with Crippen molar-refractivity contribution < 1.29 is 22.4 Å². The Kier molecular flexibility index (Phi) is 4.15. The Labute approximate surface area is 120 Å². The summed E-state index contributed by atoms with van der Waals surface area (Å²) in [5, 5.41) is 0. The Morgan fingerprint density at radius 2 is 1.90 bits per heavy atom. The van der Waals surface area contributed by atoms with Gasteiger partial charge in [0.1, 0.15) is 5.82 Å². The van der Waals surface area contributed by atoms with Crippen LogP contribution in [0.4, 0.5) is 17.6 Å². The summed E-state index contributed by atoms with van der Waals surface area (Å²) < 4.78 is 51.9. The Balaban J connectivity index is 2.31. The second-order valence-electron chi connectivity index (χ2n) is 3.97. The highest BCUT2D eigenvalue weighted by Crippen LogP contribution is 2.33. The number of carbonyl (C=O) groups is 1. The number of hydrogen-bond acceptors (Lipinski definition) is 2. The molecule has 1 nitrogen and oxygen atoms in total. The molecule has 0 unspecified atom stereocenters. The van der Waals surface area contributed by atoms with Gasteiger partial charge in [0.2, 0.25) is 0 Å². The van der Waals surface area contributed by atoms with Gasteiger partial charge in [0.15, 0.2) is 5.78 Å². The van der Waals surface area contributed by atoms with E-state index in [4.69, 9.17) is 11.6 Å². The van der Waals surface area contributed by atoms with Gasteiger partial charge in [-0.1, -0.05) is 17.7 Å². The Morgan fingerprint density at radius 1 is 1.20 bits per heavy atom. The molecule has 0 bridgehead atoms. The van der Waals surface area contributed by atoms with E-state index in [9.17, 15) is 22.4 Å². The second kappa shape index (κ2) is 5.54. The molecule has 0 aliphatic carbocycles. The molecule has 20 heavy (non-hydrogen) atoms. The normalized spacial score (nSPS) is 11.7. The van der Waals surface area contributed by atoms with Gasteiger partial charge < -0.3 is 0 Å². The number of Topliss-reactive ketones (excluding diaryl/α,β-unsaturated/α-hetero) is 1. The first kappa shape index (κ1) is 15.0. The van der Waals surface area contributed by atoms with Crippen LogP contribution in [-0.2, 0) is 12.6 Å². The molecule has 0 saturated carbocycles. The topological polar surface area (TPSA) is 17.1 Å². The van der Waals surface area contributed by atoms with Crippen LogP contribution in [0.15, 0.2) is 30.3 Å². The van der Waals surface area contributed by atoms with Crippen molar-refractivity contribution in [3.05, 3.63) is 56.5 Å². The molecule has 0 radical (unpaired) electrons. The molecule has 1 aromatic carbocycles. The third-order valence-electron chi connectivity index (χ3n) is 2.57. The maximum atomic E-state index is 13.8. The lowest BCUT2D eigenvalue weighted by Crippen LogP contribution is -2.13.